The number of aromatic nitrogens is 1. The molecule has 0 radical (unpaired) electrons. The van der Waals surface area contributed by atoms with Crippen LogP contribution in [0.25, 0.3) is 11.1 Å². The minimum Gasteiger partial charge on any atom is -0.261 e. The lowest BCUT2D eigenvalue weighted by Crippen LogP contribution is -2.31. The Kier molecular flexibility index (Phi) is 6.00. The summed E-state index contributed by atoms with van der Waals surface area (Å²) in [7, 11) is 0. The first-order valence-corrected chi connectivity index (χ1v) is 9.72. The molecule has 0 saturated heterocycles. The molecule has 0 amide bonds. The fourth-order valence-corrected chi connectivity index (χ4v) is 3.77. The zero-order valence-electron chi connectivity index (χ0n) is 16.1. The number of pyridine rings is 1. The smallest absolute Gasteiger partial charge is 0.261 e. The van der Waals surface area contributed by atoms with E-state index in [1.165, 1.54) is 12.3 Å². The van der Waals surface area contributed by atoms with E-state index < -0.39 is 23.1 Å². The fourth-order valence-electron chi connectivity index (χ4n) is 2.94. The molecule has 3 aromatic rings. The first-order chi connectivity index (χ1) is 13.6. The lowest BCUT2D eigenvalue weighted by Gasteiger charge is -2.27. The summed E-state index contributed by atoms with van der Waals surface area (Å²) in [4.78, 5) is 4.32. The second kappa shape index (κ2) is 8.16. The quantitative estimate of drug-likeness (QED) is 0.365. The van der Waals surface area contributed by atoms with Gasteiger partial charge in [0.25, 0.3) is 0 Å². The van der Waals surface area contributed by atoms with Crippen molar-refractivity contribution in [3.63, 3.8) is 0 Å². The second-order valence-corrected chi connectivity index (χ2v) is 8.13. The van der Waals surface area contributed by atoms with Crippen LogP contribution in [0.2, 0.25) is 0 Å². The molecule has 0 bridgehead atoms. The molecule has 0 saturated carbocycles. The summed E-state index contributed by atoms with van der Waals surface area (Å²) in [6.07, 6.45) is -1.59. The van der Waals surface area contributed by atoms with Crippen LogP contribution in [0.3, 0.4) is 0 Å². The number of nitrogens with one attached hydrogen (secondary N) is 1. The fraction of sp³-hybridized carbons (Fsp3) is 0.227. The Labute approximate surface area is 171 Å². The van der Waals surface area contributed by atoms with E-state index in [4.69, 9.17) is 0 Å². The largest absolute Gasteiger partial charge is 0.416 e. The first kappa shape index (κ1) is 21.3. The predicted molar refractivity (Wildman–Crippen MR) is 108 cm³/mol. The van der Waals surface area contributed by atoms with Crippen molar-refractivity contribution in [2.24, 2.45) is 0 Å². The van der Waals surface area contributed by atoms with Crippen LogP contribution in [0.1, 0.15) is 30.5 Å². The van der Waals surface area contributed by atoms with Gasteiger partial charge in [0.1, 0.15) is 5.82 Å². The molecule has 0 aliphatic heterocycles. The van der Waals surface area contributed by atoms with Crippen LogP contribution in [0.5, 0.6) is 0 Å². The van der Waals surface area contributed by atoms with E-state index in [2.05, 4.69) is 9.71 Å². The molecule has 2 nitrogen and oxygen atoms in total. The minimum absolute atomic E-state index is 0.397. The summed E-state index contributed by atoms with van der Waals surface area (Å²) < 4.78 is 56.3. The number of nitrogens with zero attached hydrogens (tertiary/aromatic N) is 1. The zero-order valence-corrected chi connectivity index (χ0v) is 17.0. The van der Waals surface area contributed by atoms with Crippen molar-refractivity contribution in [2.75, 3.05) is 0 Å². The highest BCUT2D eigenvalue weighted by Crippen LogP contribution is 2.34. The van der Waals surface area contributed by atoms with Gasteiger partial charge in [-0.2, -0.15) is 13.2 Å². The molecule has 29 heavy (non-hydrogen) atoms. The van der Waals surface area contributed by atoms with Gasteiger partial charge in [-0.05, 0) is 73.7 Å². The van der Waals surface area contributed by atoms with Gasteiger partial charge in [0, 0.05) is 22.2 Å². The van der Waals surface area contributed by atoms with Crippen molar-refractivity contribution >= 4 is 11.9 Å². The predicted octanol–water partition coefficient (Wildman–Crippen LogP) is 6.75. The van der Waals surface area contributed by atoms with Gasteiger partial charge in [0.05, 0.1) is 11.8 Å². The molecule has 0 aliphatic rings. The molecular formula is C22H20F4N2S. The Hall–Kier alpha value is -2.38. The number of halogens is 4. The van der Waals surface area contributed by atoms with Crippen LogP contribution in [-0.2, 0) is 11.7 Å². The summed E-state index contributed by atoms with van der Waals surface area (Å²) in [6, 6.07) is 12.6. The molecule has 0 spiro atoms. The maximum atomic E-state index is 14.3. The van der Waals surface area contributed by atoms with Crippen molar-refractivity contribution in [3.05, 3.63) is 83.4 Å². The molecular weight excluding hydrogens is 400 g/mol. The van der Waals surface area contributed by atoms with E-state index in [1.54, 1.807) is 19.2 Å². The van der Waals surface area contributed by atoms with Gasteiger partial charge in [-0.25, -0.2) is 9.11 Å². The SMILES string of the molecule is Cc1cncc(F)c1-c1cccc(C(C)(C)NSc2cccc(C(F)(F)F)c2)c1. The van der Waals surface area contributed by atoms with Crippen molar-refractivity contribution in [3.8, 4) is 11.1 Å². The zero-order chi connectivity index (χ0) is 21.2. The Balaban J connectivity index is 1.84. The van der Waals surface area contributed by atoms with Gasteiger partial charge in [0.15, 0.2) is 0 Å². The van der Waals surface area contributed by atoms with Crippen LogP contribution in [-0.4, -0.2) is 4.98 Å². The van der Waals surface area contributed by atoms with Crippen molar-refractivity contribution in [2.45, 2.75) is 37.4 Å². The molecule has 1 aromatic heterocycles. The standard InChI is InChI=1S/C22H20F4N2S/c1-14-12-27-13-19(23)20(14)15-6-4-7-16(10-15)21(2,3)28-29-18-9-5-8-17(11-18)22(24,25)26/h4-13,28H,1-3H3. The third-order valence-electron chi connectivity index (χ3n) is 4.55. The van der Waals surface area contributed by atoms with Gasteiger partial charge in [-0.3, -0.25) is 4.98 Å². The van der Waals surface area contributed by atoms with Crippen molar-refractivity contribution in [1.29, 1.82) is 0 Å². The summed E-state index contributed by atoms with van der Waals surface area (Å²) in [5.74, 6) is -0.397. The Bertz CT molecular complexity index is 995. The lowest BCUT2D eigenvalue weighted by molar-refractivity contribution is -0.137. The van der Waals surface area contributed by atoms with Crippen LogP contribution >= 0.6 is 11.9 Å². The molecule has 0 fully saturated rings. The summed E-state index contributed by atoms with van der Waals surface area (Å²) in [6.45, 7) is 5.63. The number of hydrogen-bond acceptors (Lipinski definition) is 3. The number of benzene rings is 2. The third kappa shape index (κ3) is 4.97. The van der Waals surface area contributed by atoms with Gasteiger partial charge in [0.2, 0.25) is 0 Å². The maximum Gasteiger partial charge on any atom is 0.416 e. The monoisotopic (exact) mass is 420 g/mol. The Morgan fingerprint density at radius 3 is 2.31 bits per heavy atom. The number of rotatable bonds is 5. The summed E-state index contributed by atoms with van der Waals surface area (Å²) in [5.41, 5.74) is 1.55. The maximum absolute atomic E-state index is 14.3. The molecule has 1 N–H and O–H groups in total. The van der Waals surface area contributed by atoms with Crippen molar-refractivity contribution in [1.82, 2.24) is 9.71 Å². The van der Waals surface area contributed by atoms with E-state index in [9.17, 15) is 17.6 Å². The molecule has 1 heterocycles. The van der Waals surface area contributed by atoms with E-state index in [0.29, 0.717) is 10.5 Å². The van der Waals surface area contributed by atoms with E-state index in [-0.39, 0.29) is 0 Å². The molecule has 7 heteroatoms. The number of alkyl halides is 3. The lowest BCUT2D eigenvalue weighted by atomic mass is 9.91. The average molecular weight is 420 g/mol. The highest BCUT2D eigenvalue weighted by atomic mass is 32.2. The second-order valence-electron chi connectivity index (χ2n) is 7.25. The van der Waals surface area contributed by atoms with E-state index in [0.717, 1.165) is 40.8 Å². The Morgan fingerprint density at radius 2 is 1.62 bits per heavy atom. The van der Waals surface area contributed by atoms with Crippen molar-refractivity contribution < 1.29 is 17.6 Å². The molecule has 2 aromatic carbocycles. The summed E-state index contributed by atoms with van der Waals surface area (Å²) >= 11 is 1.13. The van der Waals surface area contributed by atoms with Crippen LogP contribution in [0.4, 0.5) is 17.6 Å². The molecule has 0 aliphatic carbocycles. The molecule has 152 valence electrons. The van der Waals surface area contributed by atoms with Crippen LogP contribution in [0.15, 0.2) is 65.8 Å². The van der Waals surface area contributed by atoms with Gasteiger partial charge >= 0.3 is 6.18 Å². The van der Waals surface area contributed by atoms with Gasteiger partial charge in [-0.1, -0.05) is 24.3 Å². The summed E-state index contributed by atoms with van der Waals surface area (Å²) in [5, 5.41) is 0. The normalized spacial score (nSPS) is 12.2. The molecule has 0 unspecified atom stereocenters. The van der Waals surface area contributed by atoms with Gasteiger partial charge < -0.3 is 0 Å². The van der Waals surface area contributed by atoms with E-state index >= 15 is 0 Å². The average Bonchev–Trinajstić information content (AvgIpc) is 2.66. The Morgan fingerprint density at radius 1 is 0.931 bits per heavy atom. The van der Waals surface area contributed by atoms with Crippen LogP contribution in [0, 0.1) is 12.7 Å². The van der Waals surface area contributed by atoms with E-state index in [1.807, 2.05) is 38.1 Å². The highest BCUT2D eigenvalue weighted by Gasteiger charge is 2.30. The number of hydrogen-bond donors (Lipinski definition) is 1. The highest BCUT2D eigenvalue weighted by molar-refractivity contribution is 7.97. The topological polar surface area (TPSA) is 24.9 Å². The van der Waals surface area contributed by atoms with Gasteiger partial charge in [-0.15, -0.1) is 0 Å². The first-order valence-electron chi connectivity index (χ1n) is 8.90. The minimum atomic E-state index is -4.38. The molecule has 0 atom stereocenters. The third-order valence-corrected chi connectivity index (χ3v) is 5.65. The van der Waals surface area contributed by atoms with Crippen LogP contribution < -0.4 is 4.72 Å². The molecule has 3 rings (SSSR count). The number of aryl methyl sites for hydroxylation is 1.